The van der Waals surface area contributed by atoms with Gasteiger partial charge in [0.2, 0.25) is 0 Å². The summed E-state index contributed by atoms with van der Waals surface area (Å²) in [4.78, 5) is 11.8. The molecular weight excluding hydrogens is 274 g/mol. The van der Waals surface area contributed by atoms with Crippen molar-refractivity contribution in [2.45, 2.75) is 52.1 Å². The molecular formula is C17H25N5. The highest BCUT2D eigenvalue weighted by Crippen LogP contribution is 2.27. The summed E-state index contributed by atoms with van der Waals surface area (Å²) in [5.41, 5.74) is 3.06. The Labute approximate surface area is 132 Å². The maximum Gasteiger partial charge on any atom is 0.0916 e. The van der Waals surface area contributed by atoms with Crippen LogP contribution in [-0.2, 0) is 6.54 Å². The highest BCUT2D eigenvalue weighted by molar-refractivity contribution is 5.55. The lowest BCUT2D eigenvalue weighted by Gasteiger charge is -2.35. The topological polar surface area (TPSA) is 46.8 Å². The minimum absolute atomic E-state index is 0.510. The Bertz CT molecular complexity index is 602. The van der Waals surface area contributed by atoms with E-state index in [1.165, 1.54) is 19.4 Å². The smallest absolute Gasteiger partial charge is 0.0916 e. The summed E-state index contributed by atoms with van der Waals surface area (Å²) in [5, 5.41) is 4.29. The second-order valence-electron chi connectivity index (χ2n) is 6.34. The molecule has 0 unspecified atom stereocenters. The van der Waals surface area contributed by atoms with Gasteiger partial charge in [-0.3, -0.25) is 14.6 Å². The van der Waals surface area contributed by atoms with Gasteiger partial charge in [-0.25, -0.2) is 0 Å². The molecule has 0 aliphatic carbocycles. The summed E-state index contributed by atoms with van der Waals surface area (Å²) in [6.45, 7) is 9.79. The van der Waals surface area contributed by atoms with Gasteiger partial charge >= 0.3 is 0 Å². The van der Waals surface area contributed by atoms with E-state index in [0.29, 0.717) is 12.0 Å². The summed E-state index contributed by atoms with van der Waals surface area (Å²) in [6, 6.07) is 0.606. The van der Waals surface area contributed by atoms with Crippen molar-refractivity contribution in [2.75, 3.05) is 13.1 Å². The van der Waals surface area contributed by atoms with E-state index in [2.05, 4.69) is 40.7 Å². The fraction of sp³-hybridized carbons (Fsp3) is 0.588. The van der Waals surface area contributed by atoms with Crippen LogP contribution in [-0.4, -0.2) is 43.8 Å². The zero-order valence-electron chi connectivity index (χ0n) is 13.7. The number of hydrogen-bond acceptors (Lipinski definition) is 4. The number of rotatable bonds is 4. The van der Waals surface area contributed by atoms with E-state index < -0.39 is 0 Å². The van der Waals surface area contributed by atoms with Crippen LogP contribution >= 0.6 is 0 Å². The molecule has 22 heavy (non-hydrogen) atoms. The van der Waals surface area contributed by atoms with E-state index in [9.17, 15) is 0 Å². The van der Waals surface area contributed by atoms with Crippen molar-refractivity contribution in [3.05, 3.63) is 30.5 Å². The first-order chi connectivity index (χ1) is 10.7. The first-order valence-corrected chi connectivity index (χ1v) is 8.26. The molecule has 0 spiro atoms. The molecule has 5 nitrogen and oxygen atoms in total. The third kappa shape index (κ3) is 3.19. The maximum atomic E-state index is 4.68. The van der Waals surface area contributed by atoms with Gasteiger partial charge in [0, 0.05) is 43.0 Å². The van der Waals surface area contributed by atoms with Gasteiger partial charge in [0.25, 0.3) is 0 Å². The van der Waals surface area contributed by atoms with Crippen LogP contribution in [0.25, 0.3) is 11.3 Å². The van der Waals surface area contributed by atoms with E-state index >= 15 is 0 Å². The zero-order valence-corrected chi connectivity index (χ0v) is 13.7. The highest BCUT2D eigenvalue weighted by atomic mass is 15.3. The van der Waals surface area contributed by atoms with Crippen LogP contribution in [0.5, 0.6) is 0 Å². The molecule has 0 radical (unpaired) electrons. The molecule has 2 aromatic rings. The molecule has 0 bridgehead atoms. The van der Waals surface area contributed by atoms with Crippen LogP contribution in [0, 0.1) is 0 Å². The molecule has 1 aliphatic heterocycles. The van der Waals surface area contributed by atoms with Crippen LogP contribution < -0.4 is 0 Å². The van der Waals surface area contributed by atoms with Crippen molar-refractivity contribution in [1.82, 2.24) is 24.6 Å². The third-order valence-corrected chi connectivity index (χ3v) is 4.53. The number of piperidine rings is 1. The van der Waals surface area contributed by atoms with Crippen LogP contribution in [0.2, 0.25) is 0 Å². The Kier molecular flexibility index (Phi) is 4.52. The Morgan fingerprint density at radius 1 is 1.23 bits per heavy atom. The largest absolute Gasteiger partial charge is 0.300 e. The normalized spacial score (nSPS) is 19.7. The number of aromatic nitrogens is 4. The van der Waals surface area contributed by atoms with Gasteiger partial charge in [0.1, 0.15) is 0 Å². The van der Waals surface area contributed by atoms with Crippen molar-refractivity contribution >= 4 is 0 Å². The Morgan fingerprint density at radius 3 is 2.73 bits per heavy atom. The predicted octanol–water partition coefficient (Wildman–Crippen LogP) is 2.95. The van der Waals surface area contributed by atoms with Gasteiger partial charge in [-0.1, -0.05) is 0 Å². The SMILES string of the molecule is CCn1cc(-c2cnc([C@H]3CCCN(C(C)C)C3)cn2)cn1. The van der Waals surface area contributed by atoms with E-state index in [0.717, 1.165) is 30.0 Å². The lowest BCUT2D eigenvalue weighted by atomic mass is 9.94. The summed E-state index contributed by atoms with van der Waals surface area (Å²) >= 11 is 0. The van der Waals surface area contributed by atoms with Crippen LogP contribution in [0.4, 0.5) is 0 Å². The molecule has 1 aliphatic rings. The average Bonchev–Trinajstić information content (AvgIpc) is 3.04. The number of likely N-dealkylation sites (tertiary alicyclic amines) is 1. The molecule has 1 fully saturated rings. The molecule has 3 rings (SSSR count). The lowest BCUT2D eigenvalue weighted by Crippen LogP contribution is -2.39. The second kappa shape index (κ2) is 6.57. The monoisotopic (exact) mass is 299 g/mol. The molecule has 118 valence electrons. The fourth-order valence-electron chi connectivity index (χ4n) is 3.08. The number of hydrogen-bond donors (Lipinski definition) is 0. The average molecular weight is 299 g/mol. The van der Waals surface area contributed by atoms with Crippen LogP contribution in [0.15, 0.2) is 24.8 Å². The van der Waals surface area contributed by atoms with Crippen LogP contribution in [0.3, 0.4) is 0 Å². The molecule has 3 heterocycles. The molecule has 0 N–H and O–H groups in total. The van der Waals surface area contributed by atoms with Crippen molar-refractivity contribution in [1.29, 1.82) is 0 Å². The van der Waals surface area contributed by atoms with Crippen molar-refractivity contribution in [2.24, 2.45) is 0 Å². The number of aryl methyl sites for hydroxylation is 1. The van der Waals surface area contributed by atoms with Gasteiger partial charge in [-0.2, -0.15) is 5.10 Å². The first-order valence-electron chi connectivity index (χ1n) is 8.26. The van der Waals surface area contributed by atoms with Gasteiger partial charge in [0.15, 0.2) is 0 Å². The maximum absolute atomic E-state index is 4.68. The minimum Gasteiger partial charge on any atom is -0.300 e. The number of nitrogens with zero attached hydrogens (tertiary/aromatic N) is 5. The summed E-state index contributed by atoms with van der Waals surface area (Å²) in [6.07, 6.45) is 10.2. The molecule has 5 heteroatoms. The van der Waals surface area contributed by atoms with E-state index in [-0.39, 0.29) is 0 Å². The van der Waals surface area contributed by atoms with E-state index in [4.69, 9.17) is 0 Å². The summed E-state index contributed by atoms with van der Waals surface area (Å²) < 4.78 is 1.91. The highest BCUT2D eigenvalue weighted by Gasteiger charge is 2.24. The fourth-order valence-corrected chi connectivity index (χ4v) is 3.08. The Balaban J connectivity index is 1.73. The Hall–Kier alpha value is -1.75. The molecule has 1 atom stereocenters. The first kappa shape index (κ1) is 15.2. The summed E-state index contributed by atoms with van der Waals surface area (Å²) in [5.74, 6) is 0.510. The van der Waals surface area contributed by atoms with Gasteiger partial charge < -0.3 is 4.90 Å². The van der Waals surface area contributed by atoms with Gasteiger partial charge in [-0.05, 0) is 40.2 Å². The molecule has 0 saturated carbocycles. The minimum atomic E-state index is 0.510. The lowest BCUT2D eigenvalue weighted by molar-refractivity contribution is 0.166. The molecule has 0 aromatic carbocycles. The standard InChI is InChI=1S/C17H25N5/c1-4-22-12-15(8-20-22)17-10-18-16(9-19-17)14-6-5-7-21(11-14)13(2)3/h8-10,12-14H,4-7,11H2,1-3H3/t14-/m0/s1. The Morgan fingerprint density at radius 2 is 2.09 bits per heavy atom. The predicted molar refractivity (Wildman–Crippen MR) is 87.6 cm³/mol. The van der Waals surface area contributed by atoms with Crippen molar-refractivity contribution in [3.8, 4) is 11.3 Å². The van der Waals surface area contributed by atoms with Crippen LogP contribution in [0.1, 0.15) is 45.2 Å². The summed E-state index contributed by atoms with van der Waals surface area (Å²) in [7, 11) is 0. The molecule has 1 saturated heterocycles. The van der Waals surface area contributed by atoms with Crippen molar-refractivity contribution < 1.29 is 0 Å². The zero-order chi connectivity index (χ0) is 15.5. The van der Waals surface area contributed by atoms with E-state index in [1.54, 1.807) is 0 Å². The molecule has 0 amide bonds. The van der Waals surface area contributed by atoms with Crippen molar-refractivity contribution in [3.63, 3.8) is 0 Å². The van der Waals surface area contributed by atoms with E-state index in [1.807, 2.05) is 29.5 Å². The second-order valence-corrected chi connectivity index (χ2v) is 6.34. The third-order valence-electron chi connectivity index (χ3n) is 4.53. The van der Waals surface area contributed by atoms with Gasteiger partial charge in [-0.15, -0.1) is 0 Å². The quantitative estimate of drug-likeness (QED) is 0.871. The van der Waals surface area contributed by atoms with Gasteiger partial charge in [0.05, 0.1) is 23.8 Å². The molecule has 2 aromatic heterocycles.